The lowest BCUT2D eigenvalue weighted by molar-refractivity contribution is -0.160. The maximum Gasteiger partial charge on any atom is 0.0575 e. The van der Waals surface area contributed by atoms with E-state index >= 15 is 0 Å². The Balaban J connectivity index is 2.56. The topological polar surface area (TPSA) is 12.5 Å². The zero-order valence-electron chi connectivity index (χ0n) is 6.87. The minimum absolute atomic E-state index is 0.509. The van der Waals surface area contributed by atoms with Gasteiger partial charge < -0.3 is 4.84 Å². The molecule has 0 radical (unpaired) electrons. The van der Waals surface area contributed by atoms with E-state index in [1.807, 2.05) is 5.06 Å². The van der Waals surface area contributed by atoms with Crippen LogP contribution in [0.5, 0.6) is 0 Å². The van der Waals surface area contributed by atoms with Crippen LogP contribution in [0.1, 0.15) is 13.8 Å². The molecule has 0 saturated heterocycles. The molecule has 0 fully saturated rings. The van der Waals surface area contributed by atoms with Crippen molar-refractivity contribution < 1.29 is 4.84 Å². The Labute approximate surface area is 62.4 Å². The Hall–Kier alpha value is -0.340. The Morgan fingerprint density at radius 3 is 2.70 bits per heavy atom. The maximum absolute atomic E-state index is 5.16. The molecule has 2 unspecified atom stereocenters. The van der Waals surface area contributed by atoms with Crippen molar-refractivity contribution in [3.8, 4) is 0 Å². The average molecular weight is 141 g/mol. The van der Waals surface area contributed by atoms with E-state index in [1.54, 1.807) is 7.11 Å². The summed E-state index contributed by atoms with van der Waals surface area (Å²) in [6, 6.07) is 0.509. The lowest BCUT2D eigenvalue weighted by Crippen LogP contribution is -2.38. The lowest BCUT2D eigenvalue weighted by Gasteiger charge is -2.31. The van der Waals surface area contributed by atoms with Crippen LogP contribution in [0.2, 0.25) is 0 Å². The summed E-state index contributed by atoms with van der Waals surface area (Å²) in [7, 11) is 1.72. The monoisotopic (exact) mass is 141 g/mol. The Bertz CT molecular complexity index is 133. The lowest BCUT2D eigenvalue weighted by atomic mass is 10.0. The van der Waals surface area contributed by atoms with Crippen LogP contribution in [0.15, 0.2) is 12.2 Å². The molecule has 0 aliphatic carbocycles. The van der Waals surface area contributed by atoms with Crippen LogP contribution in [0, 0.1) is 5.92 Å². The number of hydroxylamine groups is 2. The highest BCUT2D eigenvalue weighted by Gasteiger charge is 2.20. The molecule has 2 atom stereocenters. The molecule has 0 aromatic carbocycles. The molecule has 58 valence electrons. The molecule has 2 heteroatoms. The van der Waals surface area contributed by atoms with Crippen molar-refractivity contribution in [2.75, 3.05) is 13.7 Å². The molecular formula is C8H15NO. The van der Waals surface area contributed by atoms with Crippen molar-refractivity contribution in [3.63, 3.8) is 0 Å². The Kier molecular flexibility index (Phi) is 2.46. The first-order valence-corrected chi connectivity index (χ1v) is 3.73. The van der Waals surface area contributed by atoms with Gasteiger partial charge in [-0.25, -0.2) is 0 Å². The third-order valence-corrected chi connectivity index (χ3v) is 2.17. The van der Waals surface area contributed by atoms with Crippen molar-refractivity contribution in [3.05, 3.63) is 12.2 Å². The van der Waals surface area contributed by atoms with Crippen molar-refractivity contribution in [2.24, 2.45) is 5.92 Å². The SMILES string of the molecule is CON1CC=CC(C)C1C. The van der Waals surface area contributed by atoms with E-state index in [0.29, 0.717) is 12.0 Å². The van der Waals surface area contributed by atoms with Gasteiger partial charge in [-0.3, -0.25) is 0 Å². The first kappa shape index (κ1) is 7.76. The fourth-order valence-corrected chi connectivity index (χ4v) is 1.21. The van der Waals surface area contributed by atoms with Crippen molar-refractivity contribution >= 4 is 0 Å². The van der Waals surface area contributed by atoms with E-state index in [9.17, 15) is 0 Å². The number of nitrogens with zero attached hydrogens (tertiary/aromatic N) is 1. The zero-order valence-corrected chi connectivity index (χ0v) is 6.87. The van der Waals surface area contributed by atoms with Gasteiger partial charge in [0, 0.05) is 12.6 Å². The third-order valence-electron chi connectivity index (χ3n) is 2.17. The summed E-state index contributed by atoms with van der Waals surface area (Å²) in [6.45, 7) is 5.30. The van der Waals surface area contributed by atoms with Crippen LogP contribution in [-0.4, -0.2) is 24.8 Å². The largest absolute Gasteiger partial charge is 0.302 e. The standard InChI is InChI=1S/C8H15NO/c1-7-5-4-6-9(10-3)8(7)2/h4-5,7-8H,6H2,1-3H3. The zero-order chi connectivity index (χ0) is 7.56. The third kappa shape index (κ3) is 1.39. The van der Waals surface area contributed by atoms with Gasteiger partial charge >= 0.3 is 0 Å². The molecule has 0 saturated carbocycles. The average Bonchev–Trinajstić information content (AvgIpc) is 1.95. The fraction of sp³-hybridized carbons (Fsp3) is 0.750. The van der Waals surface area contributed by atoms with Gasteiger partial charge in [-0.1, -0.05) is 19.1 Å². The number of rotatable bonds is 1. The van der Waals surface area contributed by atoms with Crippen LogP contribution < -0.4 is 0 Å². The van der Waals surface area contributed by atoms with E-state index in [2.05, 4.69) is 26.0 Å². The maximum atomic E-state index is 5.16. The summed E-state index contributed by atoms with van der Waals surface area (Å²) < 4.78 is 0. The first-order valence-electron chi connectivity index (χ1n) is 3.73. The number of hydrogen-bond donors (Lipinski definition) is 0. The van der Waals surface area contributed by atoms with Gasteiger partial charge in [0.15, 0.2) is 0 Å². The van der Waals surface area contributed by atoms with Crippen LogP contribution >= 0.6 is 0 Å². The van der Waals surface area contributed by atoms with E-state index in [4.69, 9.17) is 4.84 Å². The number of hydrogen-bond acceptors (Lipinski definition) is 2. The van der Waals surface area contributed by atoms with E-state index in [0.717, 1.165) is 6.54 Å². The van der Waals surface area contributed by atoms with Gasteiger partial charge in [0.05, 0.1) is 7.11 Å². The molecule has 2 nitrogen and oxygen atoms in total. The minimum atomic E-state index is 0.509. The second-order valence-corrected chi connectivity index (χ2v) is 2.81. The fourth-order valence-electron chi connectivity index (χ4n) is 1.21. The highest BCUT2D eigenvalue weighted by Crippen LogP contribution is 2.16. The highest BCUT2D eigenvalue weighted by molar-refractivity contribution is 4.97. The predicted octanol–water partition coefficient (Wildman–Crippen LogP) is 1.44. The van der Waals surface area contributed by atoms with Crippen molar-refractivity contribution in [1.29, 1.82) is 0 Å². The van der Waals surface area contributed by atoms with Crippen LogP contribution in [0.25, 0.3) is 0 Å². The summed E-state index contributed by atoms with van der Waals surface area (Å²) in [5.74, 6) is 0.605. The van der Waals surface area contributed by atoms with E-state index < -0.39 is 0 Å². The molecule has 10 heavy (non-hydrogen) atoms. The second kappa shape index (κ2) is 3.17. The summed E-state index contributed by atoms with van der Waals surface area (Å²) in [6.07, 6.45) is 4.38. The molecule has 1 aliphatic rings. The van der Waals surface area contributed by atoms with Gasteiger partial charge in [0.1, 0.15) is 0 Å². The molecule has 1 aliphatic heterocycles. The van der Waals surface area contributed by atoms with Gasteiger partial charge in [0.2, 0.25) is 0 Å². The summed E-state index contributed by atoms with van der Waals surface area (Å²) in [4.78, 5) is 5.16. The molecular weight excluding hydrogens is 126 g/mol. The smallest absolute Gasteiger partial charge is 0.0575 e. The normalized spacial score (nSPS) is 34.7. The van der Waals surface area contributed by atoms with E-state index in [1.165, 1.54) is 0 Å². The van der Waals surface area contributed by atoms with Crippen molar-refractivity contribution in [2.45, 2.75) is 19.9 Å². The molecule has 1 heterocycles. The van der Waals surface area contributed by atoms with Crippen LogP contribution in [0.4, 0.5) is 0 Å². The molecule has 0 amide bonds. The summed E-state index contributed by atoms with van der Waals surface area (Å²) in [5.41, 5.74) is 0. The molecule has 0 aromatic rings. The van der Waals surface area contributed by atoms with Gasteiger partial charge in [-0.05, 0) is 12.8 Å². The van der Waals surface area contributed by atoms with Crippen LogP contribution in [0.3, 0.4) is 0 Å². The van der Waals surface area contributed by atoms with Gasteiger partial charge in [-0.2, -0.15) is 5.06 Å². The van der Waals surface area contributed by atoms with Crippen LogP contribution in [-0.2, 0) is 4.84 Å². The highest BCUT2D eigenvalue weighted by atomic mass is 16.7. The minimum Gasteiger partial charge on any atom is -0.302 e. The molecule has 0 bridgehead atoms. The second-order valence-electron chi connectivity index (χ2n) is 2.81. The molecule has 0 spiro atoms. The predicted molar refractivity (Wildman–Crippen MR) is 41.5 cm³/mol. The van der Waals surface area contributed by atoms with Gasteiger partial charge in [-0.15, -0.1) is 0 Å². The Morgan fingerprint density at radius 2 is 2.20 bits per heavy atom. The Morgan fingerprint density at radius 1 is 1.50 bits per heavy atom. The van der Waals surface area contributed by atoms with Gasteiger partial charge in [0.25, 0.3) is 0 Å². The molecule has 0 aromatic heterocycles. The summed E-state index contributed by atoms with van der Waals surface area (Å²) in [5, 5.41) is 1.99. The molecule has 0 N–H and O–H groups in total. The van der Waals surface area contributed by atoms with Crippen molar-refractivity contribution in [1.82, 2.24) is 5.06 Å². The van der Waals surface area contributed by atoms with E-state index in [-0.39, 0.29) is 0 Å². The molecule has 1 rings (SSSR count). The first-order chi connectivity index (χ1) is 4.75. The quantitative estimate of drug-likeness (QED) is 0.512. The summed E-state index contributed by atoms with van der Waals surface area (Å²) >= 11 is 0.